The van der Waals surface area contributed by atoms with E-state index in [0.29, 0.717) is 10.1 Å². The first-order chi connectivity index (χ1) is 13.6. The van der Waals surface area contributed by atoms with E-state index in [1.807, 2.05) is 42.5 Å². The second-order valence-electron chi connectivity index (χ2n) is 6.51. The largest absolute Gasteiger partial charge is 0.369 e. The Hall–Kier alpha value is -2.98. The van der Waals surface area contributed by atoms with Crippen molar-refractivity contribution in [1.29, 1.82) is 0 Å². The van der Waals surface area contributed by atoms with Crippen molar-refractivity contribution in [2.24, 2.45) is 0 Å². The van der Waals surface area contributed by atoms with Gasteiger partial charge in [-0.15, -0.1) is 5.10 Å². The first kappa shape index (κ1) is 18.4. The van der Waals surface area contributed by atoms with E-state index in [4.69, 9.17) is 0 Å². The fraction of sp³-hybridized carbons (Fsp3) is 0.278. The maximum atomic E-state index is 11.5. The summed E-state index contributed by atoms with van der Waals surface area (Å²) >= 11 is 1.20. The Balaban J connectivity index is 1.66. The van der Waals surface area contributed by atoms with Gasteiger partial charge in [-0.2, -0.15) is 4.68 Å². The lowest BCUT2D eigenvalue weighted by Gasteiger charge is -2.34. The molecule has 0 saturated carbocycles. The molecule has 0 spiro atoms. The van der Waals surface area contributed by atoms with Crippen molar-refractivity contribution in [3.63, 3.8) is 0 Å². The molecule has 3 aromatic rings. The standard InChI is InChI=1S/C18H19N7O2S/c1-22-9-11-23(12-10-22)15-7-8-16(25(26)27)17(13-15)28-18-19-20-21-24(18)14-5-3-2-4-6-14/h2-8,13H,9-12H2,1H3. The molecule has 0 atom stereocenters. The van der Waals surface area contributed by atoms with Crippen LogP contribution >= 0.6 is 11.8 Å². The molecule has 0 unspecified atom stereocenters. The van der Waals surface area contributed by atoms with Gasteiger partial charge in [-0.05, 0) is 53.5 Å². The second kappa shape index (κ2) is 7.95. The molecule has 1 aliphatic rings. The molecule has 0 amide bonds. The highest BCUT2D eigenvalue weighted by atomic mass is 32.2. The number of rotatable bonds is 5. The van der Waals surface area contributed by atoms with E-state index in [2.05, 4.69) is 32.4 Å². The topological polar surface area (TPSA) is 93.2 Å². The molecule has 2 heterocycles. The lowest BCUT2D eigenvalue weighted by atomic mass is 10.2. The van der Waals surface area contributed by atoms with Crippen molar-refractivity contribution in [2.75, 3.05) is 38.1 Å². The zero-order chi connectivity index (χ0) is 19.5. The molecule has 9 nitrogen and oxygen atoms in total. The predicted octanol–water partition coefficient (Wildman–Crippen LogP) is 2.47. The summed E-state index contributed by atoms with van der Waals surface area (Å²) in [4.78, 5) is 16.2. The zero-order valence-corrected chi connectivity index (χ0v) is 16.1. The SMILES string of the molecule is CN1CCN(c2ccc([N+](=O)[O-])c(Sc3nnnn3-c3ccccc3)c2)CC1. The molecule has 2 aromatic carbocycles. The average Bonchev–Trinajstić information content (AvgIpc) is 3.17. The van der Waals surface area contributed by atoms with Crippen molar-refractivity contribution in [3.8, 4) is 5.69 Å². The summed E-state index contributed by atoms with van der Waals surface area (Å²) in [6, 6.07) is 14.7. The number of benzene rings is 2. The van der Waals surface area contributed by atoms with E-state index in [-0.39, 0.29) is 10.6 Å². The molecule has 0 N–H and O–H groups in total. The van der Waals surface area contributed by atoms with E-state index in [1.54, 1.807) is 10.7 Å². The van der Waals surface area contributed by atoms with Crippen LogP contribution in [0.3, 0.4) is 0 Å². The first-order valence-electron chi connectivity index (χ1n) is 8.85. The Morgan fingerprint density at radius 3 is 2.50 bits per heavy atom. The monoisotopic (exact) mass is 397 g/mol. The van der Waals surface area contributed by atoms with E-state index in [9.17, 15) is 10.1 Å². The second-order valence-corrected chi connectivity index (χ2v) is 7.52. The molecule has 1 aliphatic heterocycles. The van der Waals surface area contributed by atoms with Crippen LogP contribution < -0.4 is 4.90 Å². The van der Waals surface area contributed by atoms with E-state index in [1.165, 1.54) is 11.8 Å². The van der Waals surface area contributed by atoms with Crippen LogP contribution in [0.5, 0.6) is 0 Å². The zero-order valence-electron chi connectivity index (χ0n) is 15.3. The van der Waals surface area contributed by atoms with Gasteiger partial charge in [0.1, 0.15) is 0 Å². The first-order valence-corrected chi connectivity index (χ1v) is 9.67. The number of nitro benzene ring substituents is 1. The maximum Gasteiger partial charge on any atom is 0.283 e. The summed E-state index contributed by atoms with van der Waals surface area (Å²) in [6.07, 6.45) is 0. The van der Waals surface area contributed by atoms with Gasteiger partial charge in [0.05, 0.1) is 15.5 Å². The maximum absolute atomic E-state index is 11.5. The third-order valence-electron chi connectivity index (χ3n) is 4.65. The molecule has 0 bridgehead atoms. The van der Waals surface area contributed by atoms with Gasteiger partial charge in [0.25, 0.3) is 5.69 Å². The predicted molar refractivity (Wildman–Crippen MR) is 106 cm³/mol. The van der Waals surface area contributed by atoms with Crippen LogP contribution in [-0.4, -0.2) is 63.3 Å². The van der Waals surface area contributed by atoms with Gasteiger partial charge in [0.2, 0.25) is 5.16 Å². The summed E-state index contributed by atoms with van der Waals surface area (Å²) in [5, 5.41) is 23.9. The Kier molecular flexibility index (Phi) is 5.22. The minimum Gasteiger partial charge on any atom is -0.369 e. The average molecular weight is 397 g/mol. The highest BCUT2D eigenvalue weighted by Gasteiger charge is 2.22. The van der Waals surface area contributed by atoms with Crippen molar-refractivity contribution < 1.29 is 4.92 Å². The minimum atomic E-state index is -0.368. The number of para-hydroxylation sites is 1. The van der Waals surface area contributed by atoms with Crippen LogP contribution in [0.25, 0.3) is 5.69 Å². The Morgan fingerprint density at radius 2 is 1.79 bits per heavy atom. The molecule has 1 fully saturated rings. The summed E-state index contributed by atoms with van der Waals surface area (Å²) < 4.78 is 1.58. The number of nitrogens with zero attached hydrogens (tertiary/aromatic N) is 7. The van der Waals surface area contributed by atoms with Crippen molar-refractivity contribution in [3.05, 3.63) is 58.6 Å². The van der Waals surface area contributed by atoms with Crippen LogP contribution in [0.2, 0.25) is 0 Å². The molecule has 1 aromatic heterocycles. The van der Waals surface area contributed by atoms with Gasteiger partial charge in [-0.1, -0.05) is 18.2 Å². The number of aromatic nitrogens is 4. The third kappa shape index (κ3) is 3.82. The van der Waals surface area contributed by atoms with Gasteiger partial charge in [0.15, 0.2) is 0 Å². The molecule has 0 radical (unpaired) electrons. The van der Waals surface area contributed by atoms with Gasteiger partial charge in [-0.3, -0.25) is 10.1 Å². The van der Waals surface area contributed by atoms with E-state index < -0.39 is 0 Å². The highest BCUT2D eigenvalue weighted by Crippen LogP contribution is 2.37. The summed E-state index contributed by atoms with van der Waals surface area (Å²) in [5.74, 6) is 0. The lowest BCUT2D eigenvalue weighted by Crippen LogP contribution is -2.44. The summed E-state index contributed by atoms with van der Waals surface area (Å²) in [7, 11) is 2.10. The fourth-order valence-electron chi connectivity index (χ4n) is 3.07. The smallest absolute Gasteiger partial charge is 0.283 e. The van der Waals surface area contributed by atoms with Crippen LogP contribution in [0.4, 0.5) is 11.4 Å². The van der Waals surface area contributed by atoms with Crippen molar-refractivity contribution in [1.82, 2.24) is 25.1 Å². The third-order valence-corrected chi connectivity index (χ3v) is 5.64. The van der Waals surface area contributed by atoms with Crippen LogP contribution in [-0.2, 0) is 0 Å². The van der Waals surface area contributed by atoms with Gasteiger partial charge in [-0.25, -0.2) is 0 Å². The number of nitro groups is 1. The Labute approximate surface area is 166 Å². The summed E-state index contributed by atoms with van der Waals surface area (Å²) in [6.45, 7) is 3.71. The molecule has 10 heteroatoms. The number of likely N-dealkylation sites (N-methyl/N-ethyl adjacent to an activating group) is 1. The number of hydrogen-bond donors (Lipinski definition) is 0. The van der Waals surface area contributed by atoms with Crippen molar-refractivity contribution >= 4 is 23.1 Å². The summed E-state index contributed by atoms with van der Waals surface area (Å²) in [5.41, 5.74) is 1.82. The van der Waals surface area contributed by atoms with Crippen molar-refractivity contribution in [2.45, 2.75) is 10.1 Å². The van der Waals surface area contributed by atoms with Crippen LogP contribution in [0.1, 0.15) is 0 Å². The molecule has 144 valence electrons. The molecule has 0 aliphatic carbocycles. The Bertz CT molecular complexity index is 971. The highest BCUT2D eigenvalue weighted by molar-refractivity contribution is 7.99. The minimum absolute atomic E-state index is 0.0467. The van der Waals surface area contributed by atoms with Crippen LogP contribution in [0, 0.1) is 10.1 Å². The quantitative estimate of drug-likeness (QED) is 0.479. The number of anilines is 1. The van der Waals surface area contributed by atoms with Gasteiger partial charge >= 0.3 is 0 Å². The van der Waals surface area contributed by atoms with Gasteiger partial charge < -0.3 is 9.80 Å². The number of hydrogen-bond acceptors (Lipinski definition) is 8. The fourth-order valence-corrected chi connectivity index (χ4v) is 4.00. The molecular weight excluding hydrogens is 378 g/mol. The number of tetrazole rings is 1. The lowest BCUT2D eigenvalue weighted by molar-refractivity contribution is -0.387. The van der Waals surface area contributed by atoms with Crippen LogP contribution in [0.15, 0.2) is 58.6 Å². The molecule has 4 rings (SSSR count). The molecular formula is C18H19N7O2S. The Morgan fingerprint density at radius 1 is 1.04 bits per heavy atom. The number of piperazine rings is 1. The molecule has 28 heavy (non-hydrogen) atoms. The van der Waals surface area contributed by atoms with E-state index >= 15 is 0 Å². The molecule has 1 saturated heterocycles. The van der Waals surface area contributed by atoms with Gasteiger partial charge in [0, 0.05) is 37.9 Å². The van der Waals surface area contributed by atoms with E-state index in [0.717, 1.165) is 37.6 Å². The normalized spacial score (nSPS) is 15.0.